The second-order valence-electron chi connectivity index (χ2n) is 7.58. The highest BCUT2D eigenvalue weighted by molar-refractivity contribution is 4.88. The summed E-state index contributed by atoms with van der Waals surface area (Å²) in [6.45, 7) is 7.17. The molecule has 0 atom stereocenters. The number of rotatable bonds is 5. The lowest BCUT2D eigenvalue weighted by molar-refractivity contribution is 0.0209. The average Bonchev–Trinajstić information content (AvgIpc) is 2.55. The van der Waals surface area contributed by atoms with Crippen LogP contribution in [0, 0.1) is 5.41 Å². The van der Waals surface area contributed by atoms with Crippen molar-refractivity contribution in [1.82, 2.24) is 10.2 Å². The van der Waals surface area contributed by atoms with E-state index >= 15 is 0 Å². The van der Waals surface area contributed by atoms with E-state index in [1.54, 1.807) is 0 Å². The molecule has 0 bridgehead atoms. The Hall–Kier alpha value is -0.120. The van der Waals surface area contributed by atoms with Crippen LogP contribution >= 0.6 is 0 Å². The van der Waals surface area contributed by atoms with Gasteiger partial charge >= 0.3 is 0 Å². The van der Waals surface area contributed by atoms with Crippen molar-refractivity contribution < 1.29 is 4.74 Å². The third kappa shape index (κ3) is 4.67. The van der Waals surface area contributed by atoms with Gasteiger partial charge in [0.2, 0.25) is 0 Å². The van der Waals surface area contributed by atoms with E-state index in [-0.39, 0.29) is 0 Å². The molecule has 1 spiro atoms. The Morgan fingerprint density at radius 3 is 2.38 bits per heavy atom. The maximum Gasteiger partial charge on any atom is 0.0599 e. The van der Waals surface area contributed by atoms with Gasteiger partial charge in [0.15, 0.2) is 0 Å². The van der Waals surface area contributed by atoms with Gasteiger partial charge < -0.3 is 15.0 Å². The second kappa shape index (κ2) is 7.94. The summed E-state index contributed by atoms with van der Waals surface area (Å²) in [6, 6.07) is 0. The van der Waals surface area contributed by atoms with Gasteiger partial charge in [-0.15, -0.1) is 0 Å². The maximum absolute atomic E-state index is 6.02. The van der Waals surface area contributed by atoms with Crippen molar-refractivity contribution >= 4 is 0 Å². The predicted molar refractivity (Wildman–Crippen MR) is 87.7 cm³/mol. The van der Waals surface area contributed by atoms with E-state index < -0.39 is 0 Å². The van der Waals surface area contributed by atoms with Crippen LogP contribution in [0.15, 0.2) is 0 Å². The van der Waals surface area contributed by atoms with Crippen LogP contribution in [0.1, 0.15) is 64.2 Å². The molecule has 3 rings (SSSR count). The molecule has 3 heteroatoms. The van der Waals surface area contributed by atoms with E-state index in [0.717, 1.165) is 25.1 Å². The molecule has 3 nitrogen and oxygen atoms in total. The number of ether oxygens (including phenoxy) is 1. The molecule has 0 aromatic carbocycles. The molecule has 0 aromatic heterocycles. The van der Waals surface area contributed by atoms with Gasteiger partial charge in [-0.05, 0) is 76.5 Å². The van der Waals surface area contributed by atoms with Crippen LogP contribution in [-0.4, -0.2) is 50.3 Å². The third-order valence-corrected chi connectivity index (χ3v) is 6.09. The summed E-state index contributed by atoms with van der Waals surface area (Å²) in [4.78, 5) is 2.69. The van der Waals surface area contributed by atoms with Gasteiger partial charge in [-0.1, -0.05) is 19.3 Å². The Bertz CT molecular complexity index is 286. The van der Waals surface area contributed by atoms with Crippen LogP contribution in [0.3, 0.4) is 0 Å². The molecule has 0 amide bonds. The SMILES string of the molecule is C1CCC2(CC1)CCN(CCCOC1CCNCC1)CC2. The van der Waals surface area contributed by atoms with Gasteiger partial charge in [0, 0.05) is 13.2 Å². The Kier molecular flexibility index (Phi) is 5.96. The summed E-state index contributed by atoms with van der Waals surface area (Å²) in [6.07, 6.45) is 14.6. The molecule has 2 heterocycles. The van der Waals surface area contributed by atoms with Crippen LogP contribution in [0.5, 0.6) is 0 Å². The molecule has 122 valence electrons. The van der Waals surface area contributed by atoms with Gasteiger partial charge in [0.25, 0.3) is 0 Å². The number of hydrogen-bond acceptors (Lipinski definition) is 3. The standard InChI is InChI=1S/C18H34N2O/c1-2-7-18(8-3-1)9-14-20(15-10-18)13-4-16-21-17-5-11-19-12-6-17/h17,19H,1-16H2. The van der Waals surface area contributed by atoms with Gasteiger partial charge in [0.05, 0.1) is 6.10 Å². The number of hydrogen-bond donors (Lipinski definition) is 1. The van der Waals surface area contributed by atoms with Crippen molar-refractivity contribution in [3.05, 3.63) is 0 Å². The molecule has 0 radical (unpaired) electrons. The summed E-state index contributed by atoms with van der Waals surface area (Å²) < 4.78 is 6.02. The lowest BCUT2D eigenvalue weighted by Crippen LogP contribution is -2.41. The van der Waals surface area contributed by atoms with Crippen LogP contribution in [0.25, 0.3) is 0 Å². The van der Waals surface area contributed by atoms with Crippen molar-refractivity contribution in [3.63, 3.8) is 0 Å². The minimum absolute atomic E-state index is 0.526. The van der Waals surface area contributed by atoms with Crippen LogP contribution in [0.2, 0.25) is 0 Å². The Balaban J connectivity index is 1.27. The van der Waals surface area contributed by atoms with Gasteiger partial charge in [0.1, 0.15) is 0 Å². The molecule has 3 fully saturated rings. The quantitative estimate of drug-likeness (QED) is 0.788. The zero-order valence-electron chi connectivity index (χ0n) is 13.7. The van der Waals surface area contributed by atoms with Crippen LogP contribution in [-0.2, 0) is 4.74 Å². The minimum atomic E-state index is 0.526. The first-order chi connectivity index (χ1) is 10.4. The number of likely N-dealkylation sites (tertiary alicyclic amines) is 1. The fraction of sp³-hybridized carbons (Fsp3) is 1.00. The number of nitrogens with one attached hydrogen (secondary N) is 1. The highest BCUT2D eigenvalue weighted by atomic mass is 16.5. The van der Waals surface area contributed by atoms with Crippen LogP contribution in [0.4, 0.5) is 0 Å². The fourth-order valence-corrected chi connectivity index (χ4v) is 4.55. The summed E-state index contributed by atoms with van der Waals surface area (Å²) in [7, 11) is 0. The summed E-state index contributed by atoms with van der Waals surface area (Å²) in [5.74, 6) is 0. The molecule has 1 saturated carbocycles. The Morgan fingerprint density at radius 2 is 1.67 bits per heavy atom. The van der Waals surface area contributed by atoms with Gasteiger partial charge in [-0.25, -0.2) is 0 Å². The van der Waals surface area contributed by atoms with Crippen molar-refractivity contribution in [3.8, 4) is 0 Å². The maximum atomic E-state index is 6.02. The van der Waals surface area contributed by atoms with Gasteiger partial charge in [-0.2, -0.15) is 0 Å². The third-order valence-electron chi connectivity index (χ3n) is 6.09. The molecule has 2 aliphatic heterocycles. The first-order valence-electron chi connectivity index (χ1n) is 9.41. The summed E-state index contributed by atoms with van der Waals surface area (Å²) in [5, 5.41) is 3.40. The molecule has 0 unspecified atom stereocenters. The van der Waals surface area contributed by atoms with Crippen LogP contribution < -0.4 is 5.32 Å². The van der Waals surface area contributed by atoms with Crippen molar-refractivity contribution in [2.24, 2.45) is 5.41 Å². The minimum Gasteiger partial charge on any atom is -0.378 e. The summed E-state index contributed by atoms with van der Waals surface area (Å²) >= 11 is 0. The largest absolute Gasteiger partial charge is 0.378 e. The van der Waals surface area contributed by atoms with E-state index in [4.69, 9.17) is 4.74 Å². The lowest BCUT2D eigenvalue weighted by Gasteiger charge is -2.44. The topological polar surface area (TPSA) is 24.5 Å². The average molecular weight is 294 g/mol. The summed E-state index contributed by atoms with van der Waals surface area (Å²) in [5.41, 5.74) is 0.750. The smallest absolute Gasteiger partial charge is 0.0599 e. The highest BCUT2D eigenvalue weighted by Gasteiger charge is 2.35. The van der Waals surface area contributed by atoms with E-state index in [1.165, 1.54) is 83.8 Å². The molecule has 3 aliphatic rings. The first kappa shape index (κ1) is 15.8. The molecule has 1 aliphatic carbocycles. The zero-order chi connectivity index (χ0) is 14.4. The highest BCUT2D eigenvalue weighted by Crippen LogP contribution is 2.44. The van der Waals surface area contributed by atoms with E-state index in [1.807, 2.05) is 0 Å². The Morgan fingerprint density at radius 1 is 0.952 bits per heavy atom. The number of piperidine rings is 2. The lowest BCUT2D eigenvalue weighted by atomic mass is 9.68. The molecule has 0 aromatic rings. The number of nitrogens with zero attached hydrogens (tertiary/aromatic N) is 1. The van der Waals surface area contributed by atoms with E-state index in [0.29, 0.717) is 6.10 Å². The normalized spacial score (nSPS) is 28.0. The molecular formula is C18H34N2O. The van der Waals surface area contributed by atoms with E-state index in [9.17, 15) is 0 Å². The monoisotopic (exact) mass is 294 g/mol. The first-order valence-corrected chi connectivity index (χ1v) is 9.41. The Labute approximate surface area is 130 Å². The van der Waals surface area contributed by atoms with Crippen molar-refractivity contribution in [1.29, 1.82) is 0 Å². The van der Waals surface area contributed by atoms with E-state index in [2.05, 4.69) is 10.2 Å². The van der Waals surface area contributed by atoms with Gasteiger partial charge in [-0.3, -0.25) is 0 Å². The predicted octanol–water partition coefficient (Wildman–Crippen LogP) is 3.19. The fourth-order valence-electron chi connectivity index (χ4n) is 4.55. The zero-order valence-corrected chi connectivity index (χ0v) is 13.7. The molecule has 2 saturated heterocycles. The van der Waals surface area contributed by atoms with Crippen molar-refractivity contribution in [2.45, 2.75) is 70.3 Å². The molecule has 21 heavy (non-hydrogen) atoms. The second-order valence-corrected chi connectivity index (χ2v) is 7.58. The van der Waals surface area contributed by atoms with Crippen molar-refractivity contribution in [2.75, 3.05) is 39.3 Å². The molecule has 1 N–H and O–H groups in total. The molecular weight excluding hydrogens is 260 g/mol.